The minimum atomic E-state index is -2.69. The van der Waals surface area contributed by atoms with Gasteiger partial charge in [0.15, 0.2) is 0 Å². The number of likely N-dealkylation sites (tertiary alicyclic amines) is 3. The zero-order valence-electron chi connectivity index (χ0n) is 17.3. The summed E-state index contributed by atoms with van der Waals surface area (Å²) >= 11 is 0. The Hall–Kier alpha value is -0.990. The third-order valence-corrected chi connectivity index (χ3v) is 6.77. The summed E-state index contributed by atoms with van der Waals surface area (Å²) in [5.41, 5.74) is 0. The smallest absolute Gasteiger partial charge is 0.410 e. The fraction of sp³-hybridized carbons (Fsp3) is 0.950. The van der Waals surface area contributed by atoms with E-state index >= 15 is 0 Å². The number of carbonyl (C=O) groups excluding carboxylic acids is 1. The molecule has 3 heterocycles. The second-order valence-electron chi connectivity index (χ2n) is 8.77. The number of rotatable bonds is 4. The van der Waals surface area contributed by atoms with E-state index < -0.39 is 12.0 Å². The maximum atomic E-state index is 13.8. The van der Waals surface area contributed by atoms with Crippen molar-refractivity contribution < 1.29 is 23.4 Å². The van der Waals surface area contributed by atoms with Crippen LogP contribution in [0.2, 0.25) is 0 Å². The number of aliphatic hydroxyl groups excluding tert-OH is 1. The molecule has 3 aliphatic heterocycles. The molecule has 3 aliphatic rings. The molecule has 2 unspecified atom stereocenters. The van der Waals surface area contributed by atoms with E-state index in [0.29, 0.717) is 12.6 Å². The SMILES string of the molecule is CCOC(=O)N1C(C)CC(N2CCC(N3CC(F)(F)C[C@@H]3CO)CC2)CC1C. The molecule has 3 saturated heterocycles. The number of aliphatic hydroxyl groups is 1. The van der Waals surface area contributed by atoms with Gasteiger partial charge in [-0.15, -0.1) is 0 Å². The highest BCUT2D eigenvalue weighted by Gasteiger charge is 2.47. The molecule has 0 bridgehead atoms. The van der Waals surface area contributed by atoms with Crippen LogP contribution in [-0.2, 0) is 4.74 Å². The summed E-state index contributed by atoms with van der Waals surface area (Å²) in [6.07, 6.45) is 3.07. The van der Waals surface area contributed by atoms with E-state index in [1.807, 2.05) is 16.7 Å². The lowest BCUT2D eigenvalue weighted by molar-refractivity contribution is -0.00837. The first-order valence-corrected chi connectivity index (χ1v) is 10.7. The summed E-state index contributed by atoms with van der Waals surface area (Å²) in [4.78, 5) is 18.4. The second kappa shape index (κ2) is 8.79. The molecule has 0 aliphatic carbocycles. The van der Waals surface area contributed by atoms with Crippen molar-refractivity contribution in [2.24, 2.45) is 0 Å². The highest BCUT2D eigenvalue weighted by Crippen LogP contribution is 2.36. The lowest BCUT2D eigenvalue weighted by Gasteiger charge is -2.48. The highest BCUT2D eigenvalue weighted by molar-refractivity contribution is 5.68. The molecule has 8 heteroatoms. The lowest BCUT2D eigenvalue weighted by Crippen LogP contribution is -2.57. The molecular formula is C20H35F2N3O3. The van der Waals surface area contributed by atoms with E-state index in [1.54, 1.807) is 0 Å². The number of nitrogens with zero attached hydrogens (tertiary/aromatic N) is 3. The quantitative estimate of drug-likeness (QED) is 0.782. The molecule has 0 aromatic carbocycles. The van der Waals surface area contributed by atoms with Crippen molar-refractivity contribution >= 4 is 6.09 Å². The van der Waals surface area contributed by atoms with Gasteiger partial charge in [0.2, 0.25) is 0 Å². The fourth-order valence-electron chi connectivity index (χ4n) is 5.50. The van der Waals surface area contributed by atoms with Crippen LogP contribution in [0.25, 0.3) is 0 Å². The van der Waals surface area contributed by atoms with E-state index in [0.717, 1.165) is 38.8 Å². The van der Waals surface area contributed by atoms with E-state index in [2.05, 4.69) is 18.7 Å². The molecule has 0 aromatic rings. The van der Waals surface area contributed by atoms with Crippen LogP contribution >= 0.6 is 0 Å². The monoisotopic (exact) mass is 403 g/mol. The summed E-state index contributed by atoms with van der Waals surface area (Å²) < 4.78 is 32.8. The van der Waals surface area contributed by atoms with E-state index in [1.165, 1.54) is 0 Å². The second-order valence-corrected chi connectivity index (χ2v) is 8.77. The van der Waals surface area contributed by atoms with Gasteiger partial charge in [-0.25, -0.2) is 13.6 Å². The van der Waals surface area contributed by atoms with Gasteiger partial charge in [-0.2, -0.15) is 0 Å². The molecule has 0 spiro atoms. The number of hydrogen-bond donors (Lipinski definition) is 1. The summed E-state index contributed by atoms with van der Waals surface area (Å²) in [5, 5.41) is 9.49. The molecule has 28 heavy (non-hydrogen) atoms. The molecule has 3 atom stereocenters. The van der Waals surface area contributed by atoms with Crippen LogP contribution in [0, 0.1) is 0 Å². The summed E-state index contributed by atoms with van der Waals surface area (Å²) in [5.74, 6) is -2.69. The molecule has 3 fully saturated rings. The number of amides is 1. The average molecular weight is 404 g/mol. The number of piperidine rings is 2. The largest absolute Gasteiger partial charge is 0.450 e. The molecular weight excluding hydrogens is 368 g/mol. The van der Waals surface area contributed by atoms with E-state index in [-0.39, 0.29) is 43.8 Å². The summed E-state index contributed by atoms with van der Waals surface area (Å²) in [6, 6.07) is 0.365. The molecule has 162 valence electrons. The zero-order valence-corrected chi connectivity index (χ0v) is 17.3. The van der Waals surface area contributed by atoms with Gasteiger partial charge in [0.05, 0.1) is 19.8 Å². The van der Waals surface area contributed by atoms with Crippen LogP contribution in [0.4, 0.5) is 13.6 Å². The lowest BCUT2D eigenvalue weighted by atomic mass is 9.90. The van der Waals surface area contributed by atoms with Crippen molar-refractivity contribution in [3.63, 3.8) is 0 Å². The van der Waals surface area contributed by atoms with Crippen LogP contribution in [0.5, 0.6) is 0 Å². The minimum Gasteiger partial charge on any atom is -0.450 e. The molecule has 3 rings (SSSR count). The standard InChI is InChI=1S/C20H35F2N3O3/c1-4-28-19(27)25-14(2)9-17(10-15(25)3)23-7-5-16(6-8-23)24-13-20(21,22)11-18(24)12-26/h14-18,26H,4-13H2,1-3H3/t14?,15?,17?,18-/m1/s1. The van der Waals surface area contributed by atoms with Gasteiger partial charge in [-0.3, -0.25) is 4.90 Å². The molecule has 1 N–H and O–H groups in total. The van der Waals surface area contributed by atoms with Crippen LogP contribution in [0.3, 0.4) is 0 Å². The van der Waals surface area contributed by atoms with Crippen LogP contribution < -0.4 is 0 Å². The van der Waals surface area contributed by atoms with Gasteiger partial charge in [0.1, 0.15) is 0 Å². The number of carbonyl (C=O) groups is 1. The minimum absolute atomic E-state index is 0.122. The first-order valence-electron chi connectivity index (χ1n) is 10.7. The first kappa shape index (κ1) is 21.7. The van der Waals surface area contributed by atoms with E-state index in [9.17, 15) is 18.7 Å². The van der Waals surface area contributed by atoms with Gasteiger partial charge in [0, 0.05) is 36.6 Å². The Labute approximate surface area is 166 Å². The molecule has 0 radical (unpaired) electrons. The number of hydrogen-bond acceptors (Lipinski definition) is 5. The zero-order chi connectivity index (χ0) is 20.5. The maximum absolute atomic E-state index is 13.8. The van der Waals surface area contributed by atoms with E-state index in [4.69, 9.17) is 4.74 Å². The Morgan fingerprint density at radius 1 is 1.14 bits per heavy atom. The molecule has 6 nitrogen and oxygen atoms in total. The Balaban J connectivity index is 1.54. The third kappa shape index (κ3) is 4.60. The maximum Gasteiger partial charge on any atom is 0.410 e. The number of alkyl halides is 2. The highest BCUT2D eigenvalue weighted by atomic mass is 19.3. The predicted octanol–water partition coefficient (Wildman–Crippen LogP) is 2.55. The normalized spacial score (nSPS) is 35.3. The van der Waals surface area contributed by atoms with Gasteiger partial charge in [-0.1, -0.05) is 0 Å². The first-order chi connectivity index (χ1) is 13.3. The molecule has 0 aromatic heterocycles. The van der Waals surface area contributed by atoms with Crippen molar-refractivity contribution in [1.82, 2.24) is 14.7 Å². The number of ether oxygens (including phenoxy) is 1. The fourth-order valence-corrected chi connectivity index (χ4v) is 5.50. The van der Waals surface area contributed by atoms with Crippen LogP contribution in [0.15, 0.2) is 0 Å². The van der Waals surface area contributed by atoms with Gasteiger partial charge < -0.3 is 19.6 Å². The Morgan fingerprint density at radius 3 is 2.29 bits per heavy atom. The Kier molecular flexibility index (Phi) is 6.82. The average Bonchev–Trinajstić information content (AvgIpc) is 2.96. The molecule has 1 amide bonds. The van der Waals surface area contributed by atoms with Gasteiger partial charge in [-0.05, 0) is 59.5 Å². The number of halogens is 2. The van der Waals surface area contributed by atoms with Crippen molar-refractivity contribution in [3.8, 4) is 0 Å². The van der Waals surface area contributed by atoms with Crippen molar-refractivity contribution in [3.05, 3.63) is 0 Å². The van der Waals surface area contributed by atoms with Crippen molar-refractivity contribution in [2.45, 2.75) is 89.0 Å². The summed E-state index contributed by atoms with van der Waals surface area (Å²) in [6.45, 7) is 7.70. The Bertz CT molecular complexity index is 531. The van der Waals surface area contributed by atoms with Crippen LogP contribution in [0.1, 0.15) is 52.9 Å². The van der Waals surface area contributed by atoms with Gasteiger partial charge >= 0.3 is 6.09 Å². The van der Waals surface area contributed by atoms with Gasteiger partial charge in [0.25, 0.3) is 5.92 Å². The van der Waals surface area contributed by atoms with Crippen LogP contribution in [-0.4, -0.2) is 94.9 Å². The molecule has 0 saturated carbocycles. The third-order valence-electron chi connectivity index (χ3n) is 6.77. The van der Waals surface area contributed by atoms with Crippen molar-refractivity contribution in [1.29, 1.82) is 0 Å². The topological polar surface area (TPSA) is 56.2 Å². The summed E-state index contributed by atoms with van der Waals surface area (Å²) in [7, 11) is 0. The predicted molar refractivity (Wildman–Crippen MR) is 103 cm³/mol. The van der Waals surface area contributed by atoms with Crippen molar-refractivity contribution in [2.75, 3.05) is 32.8 Å². The Morgan fingerprint density at radius 2 is 1.75 bits per heavy atom.